The summed E-state index contributed by atoms with van der Waals surface area (Å²) in [5.41, 5.74) is 5.03. The van der Waals surface area contributed by atoms with E-state index in [2.05, 4.69) is 4.57 Å². The van der Waals surface area contributed by atoms with Crippen LogP contribution in [0.1, 0.15) is 30.8 Å². The van der Waals surface area contributed by atoms with Gasteiger partial charge in [0.25, 0.3) is 5.91 Å². The van der Waals surface area contributed by atoms with Gasteiger partial charge in [-0.2, -0.15) is 0 Å². The molecule has 0 radical (unpaired) electrons. The minimum Gasteiger partial charge on any atom is -0.494 e. The monoisotopic (exact) mass is 438 g/mol. The Balaban J connectivity index is 2.04. The van der Waals surface area contributed by atoms with Crippen LogP contribution in [-0.4, -0.2) is 55.3 Å². The zero-order valence-electron chi connectivity index (χ0n) is 19.5. The van der Waals surface area contributed by atoms with Crippen LogP contribution in [0.4, 0.5) is 0 Å². The molecule has 2 aromatic rings. The van der Waals surface area contributed by atoms with E-state index in [1.54, 1.807) is 25.0 Å². The normalized spacial score (nSPS) is 15.1. The van der Waals surface area contributed by atoms with Crippen molar-refractivity contribution in [2.24, 2.45) is 0 Å². The van der Waals surface area contributed by atoms with Crippen LogP contribution in [0, 0.1) is 13.8 Å². The first kappa shape index (κ1) is 23.3. The van der Waals surface area contributed by atoms with E-state index in [0.29, 0.717) is 36.6 Å². The first-order chi connectivity index (χ1) is 15.3. The largest absolute Gasteiger partial charge is 0.494 e. The molecule has 1 aromatic heterocycles. The van der Waals surface area contributed by atoms with E-state index in [0.717, 1.165) is 28.4 Å². The highest BCUT2D eigenvalue weighted by atomic mass is 16.5. The number of methoxy groups -OCH3 is 2. The lowest BCUT2D eigenvalue weighted by atomic mass is 10.0. The number of ether oxygens (including phenoxy) is 3. The SMILES string of the molecule is CCOc1ccc(-n2c(C)cc(/C=C3\C(=O)N(CCOC)C(C)=C3C(=O)OC)c2C)cc1. The molecule has 0 saturated carbocycles. The molecule has 0 N–H and O–H groups in total. The Bertz CT molecular complexity index is 1080. The lowest BCUT2D eigenvalue weighted by Crippen LogP contribution is -2.28. The van der Waals surface area contributed by atoms with Crippen molar-refractivity contribution >= 4 is 18.0 Å². The molecule has 0 fully saturated rings. The Morgan fingerprint density at radius 1 is 1.09 bits per heavy atom. The fourth-order valence-corrected chi connectivity index (χ4v) is 4.02. The fraction of sp³-hybridized carbons (Fsp3) is 0.360. The van der Waals surface area contributed by atoms with E-state index in [-0.39, 0.29) is 5.91 Å². The van der Waals surface area contributed by atoms with Gasteiger partial charge in [-0.05, 0) is 69.7 Å². The fourth-order valence-electron chi connectivity index (χ4n) is 4.02. The van der Waals surface area contributed by atoms with Crippen molar-refractivity contribution in [2.45, 2.75) is 27.7 Å². The van der Waals surface area contributed by atoms with Crippen molar-refractivity contribution < 1.29 is 23.8 Å². The zero-order valence-corrected chi connectivity index (χ0v) is 19.5. The van der Waals surface area contributed by atoms with Crippen molar-refractivity contribution in [2.75, 3.05) is 34.0 Å². The van der Waals surface area contributed by atoms with Gasteiger partial charge in [0.05, 0.1) is 31.5 Å². The maximum atomic E-state index is 13.2. The van der Waals surface area contributed by atoms with Gasteiger partial charge in [-0.15, -0.1) is 0 Å². The van der Waals surface area contributed by atoms with Crippen molar-refractivity contribution in [3.63, 3.8) is 0 Å². The Hall–Kier alpha value is -3.32. The number of benzene rings is 1. The predicted octanol–water partition coefficient (Wildman–Crippen LogP) is 3.81. The van der Waals surface area contributed by atoms with Crippen LogP contribution >= 0.6 is 0 Å². The molecular weight excluding hydrogens is 408 g/mol. The number of amides is 1. The third kappa shape index (κ3) is 4.34. The average Bonchev–Trinajstić information content (AvgIpc) is 3.19. The summed E-state index contributed by atoms with van der Waals surface area (Å²) in [5.74, 6) is 0.0604. The van der Waals surface area contributed by atoms with Crippen LogP contribution < -0.4 is 4.74 Å². The van der Waals surface area contributed by atoms with Gasteiger partial charge in [0.2, 0.25) is 0 Å². The summed E-state index contributed by atoms with van der Waals surface area (Å²) >= 11 is 0. The number of hydrogen-bond donors (Lipinski definition) is 0. The number of aromatic nitrogens is 1. The summed E-state index contributed by atoms with van der Waals surface area (Å²) in [6.07, 6.45) is 1.78. The maximum absolute atomic E-state index is 13.2. The first-order valence-electron chi connectivity index (χ1n) is 10.6. The standard InChI is InChI=1S/C25H30N2O5/c1-7-32-21-10-8-20(9-11-21)27-16(2)14-19(17(27)3)15-22-23(25(29)31-6)18(4)26(24(22)28)12-13-30-5/h8-11,14-15H,7,12-13H2,1-6H3/b22-15-. The van der Waals surface area contributed by atoms with E-state index < -0.39 is 5.97 Å². The predicted molar refractivity (Wildman–Crippen MR) is 123 cm³/mol. The minimum atomic E-state index is -0.526. The second-order valence-corrected chi connectivity index (χ2v) is 7.55. The van der Waals surface area contributed by atoms with E-state index in [1.165, 1.54) is 7.11 Å². The third-order valence-electron chi connectivity index (χ3n) is 5.60. The summed E-state index contributed by atoms with van der Waals surface area (Å²) < 4.78 is 17.7. The summed E-state index contributed by atoms with van der Waals surface area (Å²) in [5, 5.41) is 0. The summed E-state index contributed by atoms with van der Waals surface area (Å²) in [6, 6.07) is 9.88. The topological polar surface area (TPSA) is 70.0 Å². The number of allylic oxidation sites excluding steroid dienone is 1. The van der Waals surface area contributed by atoms with Crippen LogP contribution in [0.15, 0.2) is 47.2 Å². The number of carbonyl (C=O) groups is 2. The molecule has 1 aromatic carbocycles. The molecule has 1 amide bonds. The van der Waals surface area contributed by atoms with E-state index >= 15 is 0 Å². The number of aryl methyl sites for hydroxylation is 1. The molecule has 0 saturated heterocycles. The van der Waals surface area contributed by atoms with Gasteiger partial charge in [-0.3, -0.25) is 4.79 Å². The number of nitrogens with zero attached hydrogens (tertiary/aromatic N) is 2. The summed E-state index contributed by atoms with van der Waals surface area (Å²) in [7, 11) is 2.90. The smallest absolute Gasteiger partial charge is 0.340 e. The van der Waals surface area contributed by atoms with Crippen LogP contribution in [0.3, 0.4) is 0 Å². The second-order valence-electron chi connectivity index (χ2n) is 7.55. The first-order valence-corrected chi connectivity index (χ1v) is 10.6. The van der Waals surface area contributed by atoms with E-state index in [9.17, 15) is 9.59 Å². The van der Waals surface area contributed by atoms with Crippen molar-refractivity contribution in [3.05, 3.63) is 64.1 Å². The van der Waals surface area contributed by atoms with Crippen molar-refractivity contribution in [1.29, 1.82) is 0 Å². The quantitative estimate of drug-likeness (QED) is 0.463. The second kappa shape index (κ2) is 9.87. The minimum absolute atomic E-state index is 0.231. The lowest BCUT2D eigenvalue weighted by molar-refractivity contribution is -0.136. The molecule has 0 atom stereocenters. The Labute approximate surface area is 188 Å². The Kier molecular flexibility index (Phi) is 7.20. The zero-order chi connectivity index (χ0) is 23.4. The molecule has 0 aliphatic carbocycles. The van der Waals surface area contributed by atoms with Crippen molar-refractivity contribution in [1.82, 2.24) is 9.47 Å². The molecule has 2 heterocycles. The van der Waals surface area contributed by atoms with Gasteiger partial charge < -0.3 is 23.7 Å². The van der Waals surface area contributed by atoms with Gasteiger partial charge in [0, 0.05) is 36.4 Å². The highest BCUT2D eigenvalue weighted by Crippen LogP contribution is 2.33. The van der Waals surface area contributed by atoms with Gasteiger partial charge >= 0.3 is 5.97 Å². The molecule has 32 heavy (non-hydrogen) atoms. The molecule has 1 aliphatic rings. The molecule has 0 spiro atoms. The van der Waals surface area contributed by atoms with Gasteiger partial charge in [0.1, 0.15) is 5.75 Å². The molecular formula is C25H30N2O5. The summed E-state index contributed by atoms with van der Waals surface area (Å²) in [6.45, 7) is 9.06. The van der Waals surface area contributed by atoms with Crippen molar-refractivity contribution in [3.8, 4) is 11.4 Å². The van der Waals surface area contributed by atoms with E-state index in [4.69, 9.17) is 14.2 Å². The molecule has 0 unspecified atom stereocenters. The molecule has 1 aliphatic heterocycles. The molecule has 3 rings (SSSR count). The molecule has 7 heteroatoms. The number of rotatable bonds is 8. The highest BCUT2D eigenvalue weighted by Gasteiger charge is 2.37. The van der Waals surface area contributed by atoms with Gasteiger partial charge in [-0.25, -0.2) is 4.79 Å². The van der Waals surface area contributed by atoms with Crippen LogP contribution in [-0.2, 0) is 19.1 Å². The average molecular weight is 439 g/mol. The van der Waals surface area contributed by atoms with Gasteiger partial charge in [0.15, 0.2) is 0 Å². The highest BCUT2D eigenvalue weighted by molar-refractivity contribution is 6.16. The number of hydrogen-bond acceptors (Lipinski definition) is 5. The maximum Gasteiger partial charge on any atom is 0.340 e. The van der Waals surface area contributed by atoms with E-state index in [1.807, 2.05) is 51.1 Å². The molecule has 170 valence electrons. The molecule has 0 bridgehead atoms. The third-order valence-corrected chi connectivity index (χ3v) is 5.60. The number of carbonyl (C=O) groups excluding carboxylic acids is 2. The molecule has 7 nitrogen and oxygen atoms in total. The Morgan fingerprint density at radius 2 is 1.78 bits per heavy atom. The number of esters is 1. The lowest BCUT2D eigenvalue weighted by Gasteiger charge is -2.16. The van der Waals surface area contributed by atoms with Crippen LogP contribution in [0.25, 0.3) is 11.8 Å². The summed E-state index contributed by atoms with van der Waals surface area (Å²) in [4.78, 5) is 27.2. The van der Waals surface area contributed by atoms with Crippen LogP contribution in [0.2, 0.25) is 0 Å². The van der Waals surface area contributed by atoms with Crippen LogP contribution in [0.5, 0.6) is 5.75 Å². The Morgan fingerprint density at radius 3 is 2.38 bits per heavy atom. The van der Waals surface area contributed by atoms with Gasteiger partial charge in [-0.1, -0.05) is 0 Å².